The molecule has 0 spiro atoms. The predicted molar refractivity (Wildman–Crippen MR) is 69.7 cm³/mol. The maximum atomic E-state index is 11.4. The van der Waals surface area contributed by atoms with Crippen LogP contribution in [0, 0.1) is 12.8 Å². The largest absolute Gasteiger partial charge is 0.493 e. The van der Waals surface area contributed by atoms with Crippen molar-refractivity contribution in [2.75, 3.05) is 13.2 Å². The fraction of sp³-hybridized carbons (Fsp3) is 0.533. The minimum atomic E-state index is -0.186. The number of aryl methyl sites for hydroxylation is 1. The second-order valence-electron chi connectivity index (χ2n) is 4.84. The Balaban J connectivity index is 1.97. The lowest BCUT2D eigenvalue weighted by Gasteiger charge is -2.10. The monoisotopic (exact) mass is 248 g/mol. The molecular weight excluding hydrogens is 228 g/mol. The molecule has 2 rings (SSSR count). The fourth-order valence-corrected chi connectivity index (χ4v) is 1.78. The van der Waals surface area contributed by atoms with Gasteiger partial charge in [0.15, 0.2) is 0 Å². The van der Waals surface area contributed by atoms with E-state index in [4.69, 9.17) is 9.47 Å². The first kappa shape index (κ1) is 12.9. The van der Waals surface area contributed by atoms with Gasteiger partial charge in [0, 0.05) is 0 Å². The average molecular weight is 248 g/mol. The first-order chi connectivity index (χ1) is 8.69. The van der Waals surface area contributed by atoms with Gasteiger partial charge in [-0.25, -0.2) is 0 Å². The number of hydrogen-bond acceptors (Lipinski definition) is 3. The van der Waals surface area contributed by atoms with Crippen LogP contribution in [0.2, 0.25) is 0 Å². The molecule has 0 aliphatic heterocycles. The predicted octanol–water partition coefficient (Wildman–Crippen LogP) is 2.89. The third kappa shape index (κ3) is 3.76. The summed E-state index contributed by atoms with van der Waals surface area (Å²) in [7, 11) is 0. The third-order valence-electron chi connectivity index (χ3n) is 3.08. The summed E-state index contributed by atoms with van der Waals surface area (Å²) in [6.07, 6.45) is 2.87. The third-order valence-corrected chi connectivity index (χ3v) is 3.08. The van der Waals surface area contributed by atoms with Gasteiger partial charge in [0.2, 0.25) is 0 Å². The number of carbonyl (C=O) groups is 1. The Kier molecular flexibility index (Phi) is 4.24. The molecule has 1 aromatic rings. The molecule has 1 aliphatic rings. The van der Waals surface area contributed by atoms with Crippen molar-refractivity contribution in [1.29, 1.82) is 0 Å². The lowest BCUT2D eigenvalue weighted by Crippen LogP contribution is -2.08. The fourth-order valence-electron chi connectivity index (χ4n) is 1.78. The van der Waals surface area contributed by atoms with Crippen LogP contribution < -0.4 is 4.74 Å². The van der Waals surface area contributed by atoms with Crippen molar-refractivity contribution < 1.29 is 14.3 Å². The topological polar surface area (TPSA) is 35.5 Å². The van der Waals surface area contributed by atoms with E-state index in [0.717, 1.165) is 29.4 Å². The highest BCUT2D eigenvalue weighted by atomic mass is 16.5. The molecule has 1 saturated carbocycles. The molecule has 0 saturated heterocycles. The molecule has 0 radical (unpaired) electrons. The van der Waals surface area contributed by atoms with E-state index in [2.05, 4.69) is 0 Å². The molecule has 0 atom stereocenters. The first-order valence-corrected chi connectivity index (χ1v) is 6.57. The molecule has 0 amide bonds. The van der Waals surface area contributed by atoms with E-state index in [1.807, 2.05) is 32.0 Å². The van der Waals surface area contributed by atoms with Gasteiger partial charge in [0.1, 0.15) is 5.75 Å². The lowest BCUT2D eigenvalue weighted by molar-refractivity contribution is -0.142. The van der Waals surface area contributed by atoms with Gasteiger partial charge < -0.3 is 9.47 Å². The lowest BCUT2D eigenvalue weighted by atomic mass is 10.1. The van der Waals surface area contributed by atoms with Gasteiger partial charge in [-0.05, 0) is 49.8 Å². The summed E-state index contributed by atoms with van der Waals surface area (Å²) in [6.45, 7) is 5.06. The number of esters is 1. The van der Waals surface area contributed by atoms with Crippen molar-refractivity contribution in [3.8, 4) is 5.75 Å². The van der Waals surface area contributed by atoms with Gasteiger partial charge >= 0.3 is 5.97 Å². The summed E-state index contributed by atoms with van der Waals surface area (Å²) >= 11 is 0. The second-order valence-corrected chi connectivity index (χ2v) is 4.84. The zero-order chi connectivity index (χ0) is 13.0. The molecular formula is C15H20O3. The average Bonchev–Trinajstić information content (AvgIpc) is 3.14. The molecule has 3 heteroatoms. The maximum Gasteiger partial charge on any atom is 0.310 e. The van der Waals surface area contributed by atoms with Crippen LogP contribution in [-0.2, 0) is 16.0 Å². The SMILES string of the molecule is CCOC(=O)Cc1ccc(C)c(OCC2CC2)c1. The highest BCUT2D eigenvalue weighted by Crippen LogP contribution is 2.30. The van der Waals surface area contributed by atoms with E-state index in [1.54, 1.807) is 0 Å². The van der Waals surface area contributed by atoms with Crippen LogP contribution in [0.25, 0.3) is 0 Å². The molecule has 1 aromatic carbocycles. The van der Waals surface area contributed by atoms with E-state index in [-0.39, 0.29) is 5.97 Å². The quantitative estimate of drug-likeness (QED) is 0.726. The molecule has 0 aromatic heterocycles. The van der Waals surface area contributed by atoms with Gasteiger partial charge in [-0.2, -0.15) is 0 Å². The van der Waals surface area contributed by atoms with Crippen molar-refractivity contribution in [1.82, 2.24) is 0 Å². The molecule has 98 valence electrons. The number of benzene rings is 1. The summed E-state index contributed by atoms with van der Waals surface area (Å²) in [5.74, 6) is 1.44. The Labute approximate surface area is 108 Å². The molecule has 0 bridgehead atoms. The number of rotatable bonds is 6. The molecule has 3 nitrogen and oxygen atoms in total. The molecule has 0 heterocycles. The maximum absolute atomic E-state index is 11.4. The number of hydrogen-bond donors (Lipinski definition) is 0. The van der Waals surface area contributed by atoms with Gasteiger partial charge in [-0.3, -0.25) is 4.79 Å². The zero-order valence-corrected chi connectivity index (χ0v) is 11.1. The number of carbonyl (C=O) groups excluding carboxylic acids is 1. The molecule has 18 heavy (non-hydrogen) atoms. The van der Waals surface area contributed by atoms with Crippen molar-refractivity contribution in [2.24, 2.45) is 5.92 Å². The number of ether oxygens (including phenoxy) is 2. The molecule has 0 unspecified atom stereocenters. The van der Waals surface area contributed by atoms with Crippen molar-refractivity contribution in [2.45, 2.75) is 33.1 Å². The standard InChI is InChI=1S/C15H20O3/c1-3-17-15(16)9-13-5-4-11(2)14(8-13)18-10-12-6-7-12/h4-5,8,12H,3,6-7,9-10H2,1-2H3. The van der Waals surface area contributed by atoms with Gasteiger partial charge in [0.25, 0.3) is 0 Å². The van der Waals surface area contributed by atoms with Crippen molar-refractivity contribution in [3.63, 3.8) is 0 Å². The van der Waals surface area contributed by atoms with E-state index < -0.39 is 0 Å². The molecule has 1 fully saturated rings. The van der Waals surface area contributed by atoms with Gasteiger partial charge in [-0.1, -0.05) is 12.1 Å². The zero-order valence-electron chi connectivity index (χ0n) is 11.1. The summed E-state index contributed by atoms with van der Waals surface area (Å²) in [5.41, 5.74) is 2.06. The summed E-state index contributed by atoms with van der Waals surface area (Å²) in [4.78, 5) is 11.4. The van der Waals surface area contributed by atoms with E-state index in [1.165, 1.54) is 12.8 Å². The summed E-state index contributed by atoms with van der Waals surface area (Å²) < 4.78 is 10.7. The van der Waals surface area contributed by atoms with Crippen LogP contribution in [0.1, 0.15) is 30.9 Å². The smallest absolute Gasteiger partial charge is 0.310 e. The Hall–Kier alpha value is -1.51. The van der Waals surface area contributed by atoms with Crippen LogP contribution >= 0.6 is 0 Å². The highest BCUT2D eigenvalue weighted by molar-refractivity contribution is 5.72. The Morgan fingerprint density at radius 1 is 1.39 bits per heavy atom. The minimum absolute atomic E-state index is 0.186. The highest BCUT2D eigenvalue weighted by Gasteiger charge is 2.22. The van der Waals surface area contributed by atoms with Crippen LogP contribution in [0.15, 0.2) is 18.2 Å². The summed E-state index contributed by atoms with van der Waals surface area (Å²) in [5, 5.41) is 0. The van der Waals surface area contributed by atoms with Crippen LogP contribution in [0.3, 0.4) is 0 Å². The van der Waals surface area contributed by atoms with E-state index >= 15 is 0 Å². The summed E-state index contributed by atoms with van der Waals surface area (Å²) in [6, 6.07) is 5.90. The van der Waals surface area contributed by atoms with Crippen LogP contribution in [0.4, 0.5) is 0 Å². The second kappa shape index (κ2) is 5.89. The van der Waals surface area contributed by atoms with E-state index in [9.17, 15) is 4.79 Å². The Bertz CT molecular complexity index is 422. The van der Waals surface area contributed by atoms with Gasteiger partial charge in [-0.15, -0.1) is 0 Å². The molecule has 1 aliphatic carbocycles. The normalized spacial score (nSPS) is 14.3. The molecule has 0 N–H and O–H groups in total. The van der Waals surface area contributed by atoms with Crippen molar-refractivity contribution >= 4 is 5.97 Å². The van der Waals surface area contributed by atoms with E-state index in [0.29, 0.717) is 13.0 Å². The van der Waals surface area contributed by atoms with Crippen LogP contribution in [-0.4, -0.2) is 19.2 Å². The Morgan fingerprint density at radius 2 is 2.17 bits per heavy atom. The first-order valence-electron chi connectivity index (χ1n) is 6.57. The van der Waals surface area contributed by atoms with Crippen LogP contribution in [0.5, 0.6) is 5.75 Å². The van der Waals surface area contributed by atoms with Crippen molar-refractivity contribution in [3.05, 3.63) is 29.3 Å². The Morgan fingerprint density at radius 3 is 2.83 bits per heavy atom. The van der Waals surface area contributed by atoms with Gasteiger partial charge in [0.05, 0.1) is 19.6 Å². The minimum Gasteiger partial charge on any atom is -0.493 e.